The minimum absolute atomic E-state index is 0.792. The van der Waals surface area contributed by atoms with Gasteiger partial charge in [0.05, 0.1) is 6.61 Å². The van der Waals surface area contributed by atoms with Crippen molar-refractivity contribution in [2.75, 3.05) is 6.61 Å². The van der Waals surface area contributed by atoms with Gasteiger partial charge in [0.15, 0.2) is 6.07 Å². The highest BCUT2D eigenvalue weighted by Gasteiger charge is 2.04. The van der Waals surface area contributed by atoms with Crippen molar-refractivity contribution in [3.63, 3.8) is 0 Å². The van der Waals surface area contributed by atoms with E-state index in [0.717, 1.165) is 25.2 Å². The minimum Gasteiger partial charge on any atom is -0.497 e. The summed E-state index contributed by atoms with van der Waals surface area (Å²) in [4.78, 5) is 0. The van der Waals surface area contributed by atoms with Crippen LogP contribution in [0, 0.1) is 23.2 Å². The Balaban J connectivity index is 2.48. The first kappa shape index (κ1) is 6.71. The molecule has 0 aromatic heterocycles. The van der Waals surface area contributed by atoms with Crippen LogP contribution in [-0.4, -0.2) is 6.61 Å². The minimum atomic E-state index is 0.792. The van der Waals surface area contributed by atoms with Crippen LogP contribution in [0.3, 0.4) is 0 Å². The molecule has 1 aliphatic rings. The van der Waals surface area contributed by atoms with Crippen LogP contribution in [0.1, 0.15) is 12.8 Å². The molecule has 0 bridgehead atoms. The molecule has 0 aromatic carbocycles. The van der Waals surface area contributed by atoms with E-state index in [1.807, 2.05) is 0 Å². The number of allylic oxidation sites excluding steroid dienone is 2. The maximum absolute atomic E-state index is 8.05. The van der Waals surface area contributed by atoms with Gasteiger partial charge in [-0.15, -0.1) is 0 Å². The maximum atomic E-state index is 8.05. The third kappa shape index (κ3) is 1.84. The van der Waals surface area contributed by atoms with Gasteiger partial charge in [0.2, 0.25) is 0 Å². The first-order valence-corrected chi connectivity index (χ1v) is 3.15. The predicted molar refractivity (Wildman–Crippen MR) is 36.7 cm³/mol. The lowest BCUT2D eigenvalue weighted by molar-refractivity contribution is 0.263. The summed E-state index contributed by atoms with van der Waals surface area (Å²) in [7, 11) is 0. The smallest absolute Gasteiger partial charge is 0.152 e. The van der Waals surface area contributed by atoms with Crippen molar-refractivity contribution >= 4 is 0 Å². The molecule has 2 heteroatoms. The highest BCUT2D eigenvalue weighted by Crippen LogP contribution is 2.14. The molecule has 0 spiro atoms. The fraction of sp³-hybridized carbons (Fsp3) is 0.375. The third-order valence-corrected chi connectivity index (χ3v) is 1.22. The van der Waals surface area contributed by atoms with Crippen LogP contribution in [-0.2, 0) is 4.74 Å². The highest BCUT2D eigenvalue weighted by atomic mass is 16.5. The molecule has 1 aliphatic heterocycles. The fourth-order valence-corrected chi connectivity index (χ4v) is 0.785. The van der Waals surface area contributed by atoms with Crippen molar-refractivity contribution in [3.05, 3.63) is 11.8 Å². The Hall–Kier alpha value is -1.41. The van der Waals surface area contributed by atoms with Gasteiger partial charge < -0.3 is 4.74 Å². The van der Waals surface area contributed by atoms with Crippen molar-refractivity contribution in [2.45, 2.75) is 12.8 Å². The van der Waals surface area contributed by atoms with E-state index in [4.69, 9.17) is 10.00 Å². The van der Waals surface area contributed by atoms with Gasteiger partial charge in [-0.3, -0.25) is 0 Å². The molecule has 10 heavy (non-hydrogen) atoms. The van der Waals surface area contributed by atoms with E-state index in [-0.39, 0.29) is 0 Å². The number of hydrogen-bond acceptors (Lipinski definition) is 2. The van der Waals surface area contributed by atoms with Gasteiger partial charge in [0.1, 0.15) is 5.76 Å². The number of hydrogen-bond donors (Lipinski definition) is 0. The van der Waals surface area contributed by atoms with Gasteiger partial charge in [-0.2, -0.15) is 5.26 Å². The molecule has 1 fully saturated rings. The predicted octanol–water partition coefficient (Wildman–Crippen LogP) is 1.21. The van der Waals surface area contributed by atoms with Crippen LogP contribution in [0.5, 0.6) is 0 Å². The van der Waals surface area contributed by atoms with Crippen LogP contribution >= 0.6 is 0 Å². The van der Waals surface area contributed by atoms with Crippen molar-refractivity contribution in [2.24, 2.45) is 0 Å². The number of nitriles is 1. The molecule has 1 rings (SSSR count). The van der Waals surface area contributed by atoms with Crippen LogP contribution in [0.25, 0.3) is 0 Å². The van der Waals surface area contributed by atoms with Gasteiger partial charge in [-0.25, -0.2) is 0 Å². The number of ether oxygens (including phenoxy) is 1. The summed E-state index contributed by atoms with van der Waals surface area (Å²) < 4.78 is 5.15. The highest BCUT2D eigenvalue weighted by molar-refractivity contribution is 5.26. The van der Waals surface area contributed by atoms with E-state index in [0.29, 0.717) is 0 Å². The van der Waals surface area contributed by atoms with E-state index in [1.54, 1.807) is 12.1 Å². The van der Waals surface area contributed by atoms with E-state index in [9.17, 15) is 0 Å². The molecular formula is C8H7NO. The summed E-state index contributed by atoms with van der Waals surface area (Å²) >= 11 is 0. The zero-order valence-corrected chi connectivity index (χ0v) is 5.55. The quantitative estimate of drug-likeness (QED) is 0.465. The van der Waals surface area contributed by atoms with Crippen molar-refractivity contribution in [3.8, 4) is 17.9 Å². The average molecular weight is 133 g/mol. The lowest BCUT2D eigenvalue weighted by atomic mass is 10.3. The zero-order chi connectivity index (χ0) is 7.23. The molecule has 0 aromatic rings. The molecule has 1 saturated heterocycles. The van der Waals surface area contributed by atoms with Crippen LogP contribution in [0.4, 0.5) is 0 Å². The average Bonchev–Trinajstić information content (AvgIpc) is 2.41. The van der Waals surface area contributed by atoms with E-state index in [2.05, 4.69) is 11.8 Å². The molecule has 0 radical (unpaired) electrons. The Morgan fingerprint density at radius 3 is 3.10 bits per heavy atom. The zero-order valence-electron chi connectivity index (χ0n) is 5.55. The molecule has 0 aliphatic carbocycles. The summed E-state index contributed by atoms with van der Waals surface area (Å²) in [6, 6.07) is 1.73. The summed E-state index contributed by atoms with van der Waals surface area (Å²) in [5.41, 5.74) is 0. The van der Waals surface area contributed by atoms with Crippen molar-refractivity contribution in [1.29, 1.82) is 5.26 Å². The number of rotatable bonds is 0. The monoisotopic (exact) mass is 133 g/mol. The molecule has 0 unspecified atom stereocenters. The second kappa shape index (κ2) is 3.58. The largest absolute Gasteiger partial charge is 0.497 e. The molecule has 2 nitrogen and oxygen atoms in total. The van der Waals surface area contributed by atoms with Crippen molar-refractivity contribution in [1.82, 2.24) is 0 Å². The normalized spacial score (nSPS) is 18.9. The molecular weight excluding hydrogens is 126 g/mol. The Morgan fingerprint density at radius 1 is 1.60 bits per heavy atom. The Kier molecular flexibility index (Phi) is 2.40. The molecule has 1 heterocycles. The van der Waals surface area contributed by atoms with Crippen LogP contribution < -0.4 is 0 Å². The SMILES string of the molecule is N#CC#CC=C1CCCO1. The van der Waals surface area contributed by atoms with E-state index < -0.39 is 0 Å². The maximum Gasteiger partial charge on any atom is 0.152 e. The number of nitrogens with zero attached hydrogens (tertiary/aromatic N) is 1. The topological polar surface area (TPSA) is 33.0 Å². The molecule has 0 saturated carbocycles. The first-order valence-electron chi connectivity index (χ1n) is 3.15. The third-order valence-electron chi connectivity index (χ3n) is 1.22. The van der Waals surface area contributed by atoms with Gasteiger partial charge in [-0.05, 0) is 6.42 Å². The lowest BCUT2D eigenvalue weighted by Crippen LogP contribution is -1.76. The summed E-state index contributed by atoms with van der Waals surface area (Å²) in [5, 5.41) is 8.05. The molecule has 0 N–H and O–H groups in total. The Bertz CT molecular complexity index is 228. The standard InChI is InChI=1S/C8H7NO/c9-6-2-1-4-8-5-3-7-10-8/h4H,3,5,7H2. The molecule has 50 valence electrons. The molecule has 0 atom stereocenters. The Morgan fingerprint density at radius 2 is 2.50 bits per heavy atom. The van der Waals surface area contributed by atoms with Crippen LogP contribution in [0.2, 0.25) is 0 Å². The lowest BCUT2D eigenvalue weighted by Gasteiger charge is -1.90. The summed E-state index contributed by atoms with van der Waals surface area (Å²) in [6.45, 7) is 0.792. The summed E-state index contributed by atoms with van der Waals surface area (Å²) in [5.74, 6) is 5.76. The second-order valence-corrected chi connectivity index (χ2v) is 1.94. The first-order chi connectivity index (χ1) is 4.93. The summed E-state index contributed by atoms with van der Waals surface area (Å²) in [6.07, 6.45) is 3.69. The van der Waals surface area contributed by atoms with Crippen molar-refractivity contribution < 1.29 is 4.74 Å². The Labute approximate surface area is 60.1 Å². The van der Waals surface area contributed by atoms with Gasteiger partial charge in [0, 0.05) is 18.4 Å². The van der Waals surface area contributed by atoms with E-state index >= 15 is 0 Å². The van der Waals surface area contributed by atoms with Gasteiger partial charge in [0.25, 0.3) is 0 Å². The van der Waals surface area contributed by atoms with Gasteiger partial charge >= 0.3 is 0 Å². The second-order valence-electron chi connectivity index (χ2n) is 1.94. The molecule has 0 amide bonds. The van der Waals surface area contributed by atoms with E-state index in [1.165, 1.54) is 0 Å². The van der Waals surface area contributed by atoms with Crippen LogP contribution in [0.15, 0.2) is 11.8 Å². The van der Waals surface area contributed by atoms with Gasteiger partial charge in [-0.1, -0.05) is 5.92 Å². The fourth-order valence-electron chi connectivity index (χ4n) is 0.785.